The maximum absolute atomic E-state index is 5.88. The van der Waals surface area contributed by atoms with Crippen molar-refractivity contribution in [3.8, 4) is 0 Å². The zero-order valence-electron chi connectivity index (χ0n) is 11.8. The molecule has 0 radical (unpaired) electrons. The summed E-state index contributed by atoms with van der Waals surface area (Å²) < 4.78 is 3.29. The molecule has 108 valence electrons. The lowest BCUT2D eigenvalue weighted by Crippen LogP contribution is -2.35. The Morgan fingerprint density at radius 1 is 1.47 bits per heavy atom. The third kappa shape index (κ3) is 3.73. The van der Waals surface area contributed by atoms with E-state index in [0.29, 0.717) is 0 Å². The Morgan fingerprint density at radius 2 is 2.26 bits per heavy atom. The van der Waals surface area contributed by atoms with Gasteiger partial charge in [0.1, 0.15) is 0 Å². The summed E-state index contributed by atoms with van der Waals surface area (Å²) >= 11 is 9.56. The van der Waals surface area contributed by atoms with E-state index in [1.807, 2.05) is 0 Å². The van der Waals surface area contributed by atoms with Crippen molar-refractivity contribution in [3.63, 3.8) is 0 Å². The van der Waals surface area contributed by atoms with Crippen LogP contribution in [0.3, 0.4) is 0 Å². The summed E-state index contributed by atoms with van der Waals surface area (Å²) in [6.45, 7) is 8.50. The molecule has 0 aromatic carbocycles. The highest BCUT2D eigenvalue weighted by molar-refractivity contribution is 9.10. The van der Waals surface area contributed by atoms with E-state index < -0.39 is 0 Å². The number of hydrogen-bond donors (Lipinski definition) is 0. The first-order valence-electron chi connectivity index (χ1n) is 7.15. The summed E-state index contributed by atoms with van der Waals surface area (Å²) in [5.41, 5.74) is 2.40. The molecule has 0 amide bonds. The quantitative estimate of drug-likeness (QED) is 0.754. The van der Waals surface area contributed by atoms with Crippen LogP contribution in [0.5, 0.6) is 0 Å². The molecule has 1 atom stereocenters. The molecule has 1 unspecified atom stereocenters. The number of likely N-dealkylation sites (tertiary alicyclic amines) is 1. The molecule has 1 aliphatic heterocycles. The van der Waals surface area contributed by atoms with Crippen LogP contribution < -0.4 is 0 Å². The normalized spacial score (nSPS) is 20.9. The van der Waals surface area contributed by atoms with E-state index in [1.54, 1.807) is 0 Å². The van der Waals surface area contributed by atoms with Gasteiger partial charge in [0.05, 0.1) is 15.9 Å². The fourth-order valence-electron chi connectivity index (χ4n) is 2.92. The lowest BCUT2D eigenvalue weighted by molar-refractivity contribution is 0.161. The zero-order valence-corrected chi connectivity index (χ0v) is 14.2. The fraction of sp³-hybridized carbons (Fsp3) is 0.786. The van der Waals surface area contributed by atoms with Crippen molar-refractivity contribution in [2.24, 2.45) is 5.92 Å². The van der Waals surface area contributed by atoms with E-state index in [2.05, 4.69) is 44.5 Å². The molecule has 0 bridgehead atoms. The van der Waals surface area contributed by atoms with Crippen molar-refractivity contribution in [2.75, 3.05) is 19.0 Å². The topological polar surface area (TPSA) is 21.1 Å². The Morgan fingerprint density at radius 3 is 2.95 bits per heavy atom. The first-order chi connectivity index (χ1) is 9.15. The second-order valence-electron chi connectivity index (χ2n) is 5.38. The first kappa shape index (κ1) is 15.3. The van der Waals surface area contributed by atoms with Crippen LogP contribution in [-0.2, 0) is 13.1 Å². The number of aromatic nitrogens is 2. The lowest BCUT2D eigenvalue weighted by atomic mass is 9.95. The summed E-state index contributed by atoms with van der Waals surface area (Å²) in [5, 5.41) is 4.57. The average Bonchev–Trinajstić information content (AvgIpc) is 2.67. The Bertz CT molecular complexity index is 417. The standard InChI is InChI=1S/C14H23BrClN3/c1-3-19-13(14(15)11(2)17-19)10-18-8-4-5-12(9-18)6-7-16/h12H,3-10H2,1-2H3. The van der Waals surface area contributed by atoms with E-state index in [4.69, 9.17) is 11.6 Å². The van der Waals surface area contributed by atoms with Crippen molar-refractivity contribution >= 4 is 27.5 Å². The Hall–Kier alpha value is -0.0600. The molecule has 1 aliphatic rings. The van der Waals surface area contributed by atoms with Gasteiger partial charge in [-0.3, -0.25) is 9.58 Å². The minimum Gasteiger partial charge on any atom is -0.297 e. The second kappa shape index (κ2) is 7.09. The number of nitrogens with zero attached hydrogens (tertiary/aromatic N) is 3. The van der Waals surface area contributed by atoms with Crippen LogP contribution in [0.1, 0.15) is 37.6 Å². The van der Waals surface area contributed by atoms with Crippen molar-refractivity contribution in [1.82, 2.24) is 14.7 Å². The number of halogens is 2. The van der Waals surface area contributed by atoms with Crippen molar-refractivity contribution in [1.29, 1.82) is 0 Å². The highest BCUT2D eigenvalue weighted by Crippen LogP contribution is 2.26. The molecule has 19 heavy (non-hydrogen) atoms. The zero-order chi connectivity index (χ0) is 13.8. The molecule has 2 heterocycles. The van der Waals surface area contributed by atoms with E-state index in [9.17, 15) is 0 Å². The van der Waals surface area contributed by atoms with Crippen LogP contribution in [0.25, 0.3) is 0 Å². The van der Waals surface area contributed by atoms with Gasteiger partial charge in [0.25, 0.3) is 0 Å². The number of aryl methyl sites for hydroxylation is 2. The molecule has 0 spiro atoms. The monoisotopic (exact) mass is 347 g/mol. The first-order valence-corrected chi connectivity index (χ1v) is 8.48. The average molecular weight is 349 g/mol. The maximum Gasteiger partial charge on any atom is 0.0739 e. The molecular formula is C14H23BrClN3. The predicted molar refractivity (Wildman–Crippen MR) is 83.7 cm³/mol. The van der Waals surface area contributed by atoms with Crippen molar-refractivity contribution in [3.05, 3.63) is 15.9 Å². The van der Waals surface area contributed by atoms with E-state index in [-0.39, 0.29) is 0 Å². The number of hydrogen-bond acceptors (Lipinski definition) is 2. The van der Waals surface area contributed by atoms with Crippen LogP contribution in [0, 0.1) is 12.8 Å². The largest absolute Gasteiger partial charge is 0.297 e. The molecule has 1 aromatic rings. The van der Waals surface area contributed by atoms with Crippen LogP contribution in [-0.4, -0.2) is 33.6 Å². The Labute approximate surface area is 129 Å². The molecule has 3 nitrogen and oxygen atoms in total. The second-order valence-corrected chi connectivity index (χ2v) is 6.55. The van der Waals surface area contributed by atoms with Gasteiger partial charge in [0, 0.05) is 25.5 Å². The van der Waals surface area contributed by atoms with Gasteiger partial charge in [-0.1, -0.05) is 0 Å². The predicted octanol–water partition coefficient (Wildman–Crippen LogP) is 3.81. The molecule has 1 aromatic heterocycles. The maximum atomic E-state index is 5.88. The van der Waals surface area contributed by atoms with Gasteiger partial charge < -0.3 is 0 Å². The van der Waals surface area contributed by atoms with Gasteiger partial charge in [-0.15, -0.1) is 11.6 Å². The lowest BCUT2D eigenvalue weighted by Gasteiger charge is -2.32. The third-order valence-electron chi connectivity index (χ3n) is 3.95. The molecule has 2 rings (SSSR count). The summed E-state index contributed by atoms with van der Waals surface area (Å²) in [5.74, 6) is 1.55. The summed E-state index contributed by atoms with van der Waals surface area (Å²) in [6, 6.07) is 0. The highest BCUT2D eigenvalue weighted by Gasteiger charge is 2.22. The molecule has 0 N–H and O–H groups in total. The van der Waals surface area contributed by atoms with Crippen LogP contribution in [0.15, 0.2) is 4.47 Å². The highest BCUT2D eigenvalue weighted by atomic mass is 79.9. The SMILES string of the molecule is CCn1nc(C)c(Br)c1CN1CCCC(CCCl)C1. The van der Waals surface area contributed by atoms with Crippen LogP contribution >= 0.6 is 27.5 Å². The van der Waals surface area contributed by atoms with Gasteiger partial charge in [0.15, 0.2) is 0 Å². The molecular weight excluding hydrogens is 326 g/mol. The van der Waals surface area contributed by atoms with Gasteiger partial charge >= 0.3 is 0 Å². The van der Waals surface area contributed by atoms with Gasteiger partial charge in [0.2, 0.25) is 0 Å². The number of piperidine rings is 1. The van der Waals surface area contributed by atoms with Crippen LogP contribution in [0.4, 0.5) is 0 Å². The summed E-state index contributed by atoms with van der Waals surface area (Å²) in [7, 11) is 0. The number of rotatable bonds is 5. The molecule has 5 heteroatoms. The fourth-order valence-corrected chi connectivity index (χ4v) is 3.63. The molecule has 0 aliphatic carbocycles. The van der Waals surface area contributed by atoms with E-state index >= 15 is 0 Å². The van der Waals surface area contributed by atoms with Crippen molar-refractivity contribution in [2.45, 2.75) is 46.2 Å². The van der Waals surface area contributed by atoms with Gasteiger partial charge in [-0.05, 0) is 61.5 Å². The number of alkyl halides is 1. The minimum atomic E-state index is 0.768. The third-order valence-corrected chi connectivity index (χ3v) is 5.20. The van der Waals surface area contributed by atoms with Crippen molar-refractivity contribution < 1.29 is 0 Å². The van der Waals surface area contributed by atoms with E-state index in [1.165, 1.54) is 36.1 Å². The van der Waals surface area contributed by atoms with Crippen LogP contribution in [0.2, 0.25) is 0 Å². The minimum absolute atomic E-state index is 0.768. The Balaban J connectivity index is 2.04. The smallest absolute Gasteiger partial charge is 0.0739 e. The van der Waals surface area contributed by atoms with E-state index in [0.717, 1.165) is 37.0 Å². The summed E-state index contributed by atoms with van der Waals surface area (Å²) in [6.07, 6.45) is 3.76. The Kier molecular flexibility index (Phi) is 5.72. The van der Waals surface area contributed by atoms with Gasteiger partial charge in [-0.2, -0.15) is 5.10 Å². The summed E-state index contributed by atoms with van der Waals surface area (Å²) in [4.78, 5) is 2.55. The molecule has 1 saturated heterocycles. The van der Waals surface area contributed by atoms with Gasteiger partial charge in [-0.25, -0.2) is 0 Å². The molecule has 0 saturated carbocycles. The molecule has 1 fully saturated rings.